The molecule has 15 heavy (non-hydrogen) atoms. The molecular weight excluding hydrogens is 186 g/mol. The highest BCUT2D eigenvalue weighted by atomic mass is 15.3. The smallest absolute Gasteiger partial charge is 0.0679 e. The van der Waals surface area contributed by atoms with Crippen LogP contribution in [0.4, 0.5) is 0 Å². The molecule has 2 aromatic heterocycles. The van der Waals surface area contributed by atoms with E-state index in [0.717, 1.165) is 5.69 Å². The van der Waals surface area contributed by atoms with Crippen molar-refractivity contribution in [1.82, 2.24) is 14.8 Å². The van der Waals surface area contributed by atoms with E-state index >= 15 is 0 Å². The third kappa shape index (κ3) is 1.54. The van der Waals surface area contributed by atoms with Crippen LogP contribution in [0, 0.1) is 6.92 Å². The summed E-state index contributed by atoms with van der Waals surface area (Å²) in [6.45, 7) is 2.10. The lowest BCUT2D eigenvalue weighted by molar-refractivity contribution is 0.813. The molecule has 0 aliphatic heterocycles. The van der Waals surface area contributed by atoms with Gasteiger partial charge in [0.15, 0.2) is 0 Å². The Balaban J connectivity index is 2.04. The number of hydrogen-bond donors (Lipinski definition) is 0. The fourth-order valence-electron chi connectivity index (χ4n) is 1.82. The van der Waals surface area contributed by atoms with Crippen molar-refractivity contribution in [2.75, 3.05) is 0 Å². The van der Waals surface area contributed by atoms with E-state index in [9.17, 15) is 0 Å². The average Bonchev–Trinajstić information content (AvgIpc) is 3.04. The molecule has 0 atom stereocenters. The van der Waals surface area contributed by atoms with Crippen LogP contribution in [-0.2, 0) is 0 Å². The van der Waals surface area contributed by atoms with Crippen LogP contribution >= 0.6 is 0 Å². The van der Waals surface area contributed by atoms with Crippen molar-refractivity contribution in [2.45, 2.75) is 25.7 Å². The molecule has 0 N–H and O–H groups in total. The van der Waals surface area contributed by atoms with Gasteiger partial charge >= 0.3 is 0 Å². The fourth-order valence-corrected chi connectivity index (χ4v) is 1.82. The molecular formula is C12H13N3. The maximum Gasteiger partial charge on any atom is 0.0679 e. The molecule has 0 amide bonds. The summed E-state index contributed by atoms with van der Waals surface area (Å²) in [5.41, 5.74) is 3.53. The lowest BCUT2D eigenvalue weighted by Crippen LogP contribution is -1.98. The van der Waals surface area contributed by atoms with E-state index in [4.69, 9.17) is 0 Å². The SMILES string of the molecule is Cc1cc(C2CC2)nn1-c1ccncc1. The standard InChI is InChI=1S/C12H13N3/c1-9-8-12(10-2-3-10)14-15(9)11-4-6-13-7-5-11/h4-8,10H,2-3H2,1H3. The Labute approximate surface area is 88.8 Å². The molecule has 1 fully saturated rings. The highest BCUT2D eigenvalue weighted by Gasteiger charge is 2.26. The molecule has 2 aromatic rings. The van der Waals surface area contributed by atoms with Crippen molar-refractivity contribution in [3.05, 3.63) is 42.0 Å². The summed E-state index contributed by atoms with van der Waals surface area (Å²) < 4.78 is 2.00. The number of hydrogen-bond acceptors (Lipinski definition) is 2. The van der Waals surface area contributed by atoms with Gasteiger partial charge in [0.2, 0.25) is 0 Å². The fraction of sp³-hybridized carbons (Fsp3) is 0.333. The van der Waals surface area contributed by atoms with Crippen molar-refractivity contribution >= 4 is 0 Å². The largest absolute Gasteiger partial charge is 0.265 e. The molecule has 3 heteroatoms. The van der Waals surface area contributed by atoms with Crippen molar-refractivity contribution in [2.24, 2.45) is 0 Å². The summed E-state index contributed by atoms with van der Waals surface area (Å²) in [4.78, 5) is 4.01. The highest BCUT2D eigenvalue weighted by molar-refractivity contribution is 5.32. The molecule has 3 rings (SSSR count). The predicted octanol–water partition coefficient (Wildman–Crippen LogP) is 2.45. The molecule has 2 heterocycles. The highest BCUT2D eigenvalue weighted by Crippen LogP contribution is 2.39. The zero-order chi connectivity index (χ0) is 10.3. The second-order valence-electron chi connectivity index (χ2n) is 4.10. The van der Waals surface area contributed by atoms with Crippen LogP contribution in [-0.4, -0.2) is 14.8 Å². The minimum atomic E-state index is 0.715. The first-order valence-corrected chi connectivity index (χ1v) is 5.31. The van der Waals surface area contributed by atoms with E-state index in [-0.39, 0.29) is 0 Å². The van der Waals surface area contributed by atoms with Crippen LogP contribution in [0.25, 0.3) is 5.69 Å². The van der Waals surface area contributed by atoms with E-state index in [1.54, 1.807) is 12.4 Å². The Kier molecular flexibility index (Phi) is 1.84. The predicted molar refractivity (Wildman–Crippen MR) is 58.1 cm³/mol. The Bertz CT molecular complexity index is 469. The Morgan fingerprint density at radius 1 is 1.27 bits per heavy atom. The van der Waals surface area contributed by atoms with Gasteiger partial charge in [0.25, 0.3) is 0 Å². The minimum Gasteiger partial charge on any atom is -0.265 e. The number of aryl methyl sites for hydroxylation is 1. The van der Waals surface area contributed by atoms with Gasteiger partial charge < -0.3 is 0 Å². The van der Waals surface area contributed by atoms with E-state index in [0.29, 0.717) is 5.92 Å². The number of rotatable bonds is 2. The zero-order valence-corrected chi connectivity index (χ0v) is 8.72. The van der Waals surface area contributed by atoms with Crippen LogP contribution in [0.3, 0.4) is 0 Å². The normalized spacial score (nSPS) is 15.5. The molecule has 1 aliphatic carbocycles. The summed E-state index contributed by atoms with van der Waals surface area (Å²) in [6.07, 6.45) is 6.19. The number of nitrogens with zero attached hydrogens (tertiary/aromatic N) is 3. The molecule has 3 nitrogen and oxygen atoms in total. The van der Waals surface area contributed by atoms with Gasteiger partial charge in [0.05, 0.1) is 11.4 Å². The van der Waals surface area contributed by atoms with E-state index < -0.39 is 0 Å². The Morgan fingerprint density at radius 3 is 2.67 bits per heavy atom. The van der Waals surface area contributed by atoms with Gasteiger partial charge in [0.1, 0.15) is 0 Å². The molecule has 76 valence electrons. The summed E-state index contributed by atoms with van der Waals surface area (Å²) in [5.74, 6) is 0.715. The van der Waals surface area contributed by atoms with Gasteiger partial charge in [-0.3, -0.25) is 4.98 Å². The monoisotopic (exact) mass is 199 g/mol. The van der Waals surface area contributed by atoms with Crippen molar-refractivity contribution < 1.29 is 0 Å². The number of aromatic nitrogens is 3. The second-order valence-corrected chi connectivity index (χ2v) is 4.10. The first-order chi connectivity index (χ1) is 7.34. The third-order valence-corrected chi connectivity index (χ3v) is 2.81. The summed E-state index contributed by atoms with van der Waals surface area (Å²) >= 11 is 0. The van der Waals surface area contributed by atoms with Gasteiger partial charge in [-0.15, -0.1) is 0 Å². The maximum absolute atomic E-state index is 4.63. The second kappa shape index (κ2) is 3.19. The van der Waals surface area contributed by atoms with Crippen molar-refractivity contribution in [1.29, 1.82) is 0 Å². The lowest BCUT2D eigenvalue weighted by atomic mass is 10.3. The van der Waals surface area contributed by atoms with Crippen LogP contribution in [0.2, 0.25) is 0 Å². The van der Waals surface area contributed by atoms with E-state index in [2.05, 4.69) is 23.1 Å². The Morgan fingerprint density at radius 2 is 2.00 bits per heavy atom. The first kappa shape index (κ1) is 8.65. The Hall–Kier alpha value is -1.64. The van der Waals surface area contributed by atoms with Gasteiger partial charge in [-0.1, -0.05) is 0 Å². The molecule has 0 radical (unpaired) electrons. The van der Waals surface area contributed by atoms with Gasteiger partial charge in [-0.25, -0.2) is 4.68 Å². The molecule has 0 saturated heterocycles. The summed E-state index contributed by atoms with van der Waals surface area (Å²) in [5, 5.41) is 4.63. The quantitative estimate of drug-likeness (QED) is 0.743. The average molecular weight is 199 g/mol. The summed E-state index contributed by atoms with van der Waals surface area (Å²) in [7, 11) is 0. The maximum atomic E-state index is 4.63. The van der Waals surface area contributed by atoms with Crippen molar-refractivity contribution in [3.63, 3.8) is 0 Å². The topological polar surface area (TPSA) is 30.7 Å². The van der Waals surface area contributed by atoms with E-state index in [1.165, 1.54) is 24.2 Å². The summed E-state index contributed by atoms with van der Waals surface area (Å²) in [6, 6.07) is 6.16. The molecule has 0 aromatic carbocycles. The number of pyridine rings is 1. The molecule has 0 unspecified atom stereocenters. The molecule has 1 aliphatic rings. The van der Waals surface area contributed by atoms with Crippen molar-refractivity contribution in [3.8, 4) is 5.69 Å². The van der Waals surface area contributed by atoms with Gasteiger partial charge in [0, 0.05) is 24.0 Å². The van der Waals surface area contributed by atoms with Crippen LogP contribution in [0.5, 0.6) is 0 Å². The van der Waals surface area contributed by atoms with E-state index in [1.807, 2.05) is 16.8 Å². The first-order valence-electron chi connectivity index (χ1n) is 5.31. The van der Waals surface area contributed by atoms with Gasteiger partial charge in [-0.05, 0) is 38.0 Å². The van der Waals surface area contributed by atoms with Crippen LogP contribution in [0.15, 0.2) is 30.6 Å². The lowest BCUT2D eigenvalue weighted by Gasteiger charge is -2.02. The molecule has 0 bridgehead atoms. The molecule has 0 spiro atoms. The minimum absolute atomic E-state index is 0.715. The van der Waals surface area contributed by atoms with Crippen LogP contribution in [0.1, 0.15) is 30.1 Å². The molecule has 1 saturated carbocycles. The zero-order valence-electron chi connectivity index (χ0n) is 8.72. The third-order valence-electron chi connectivity index (χ3n) is 2.81. The van der Waals surface area contributed by atoms with Crippen LogP contribution < -0.4 is 0 Å². The van der Waals surface area contributed by atoms with Gasteiger partial charge in [-0.2, -0.15) is 5.10 Å².